The molecule has 5 aliphatic rings. The molecule has 5 aliphatic heterocycles. The van der Waals surface area contributed by atoms with E-state index < -0.39 is 6.04 Å². The van der Waals surface area contributed by atoms with Crippen molar-refractivity contribution in [3.8, 4) is 12.3 Å². The van der Waals surface area contributed by atoms with Gasteiger partial charge in [0.2, 0.25) is 5.91 Å². The molecule has 0 aliphatic carbocycles. The highest BCUT2D eigenvalue weighted by atomic mass is 35.5. The van der Waals surface area contributed by atoms with Gasteiger partial charge in [0.15, 0.2) is 0 Å². The van der Waals surface area contributed by atoms with Gasteiger partial charge in [-0.15, -0.1) is 6.42 Å². The third-order valence-electron chi connectivity index (χ3n) is 11.5. The van der Waals surface area contributed by atoms with Crippen molar-refractivity contribution in [1.82, 2.24) is 29.8 Å². The number of urea groups is 2. The number of para-hydroxylation sites is 1. The number of hydrogen-bond donors (Lipinski definition) is 3. The van der Waals surface area contributed by atoms with Gasteiger partial charge in [0.1, 0.15) is 6.04 Å². The van der Waals surface area contributed by atoms with E-state index in [1.165, 1.54) is 6.42 Å². The van der Waals surface area contributed by atoms with Crippen LogP contribution < -0.4 is 16.4 Å². The van der Waals surface area contributed by atoms with Crippen molar-refractivity contribution in [2.45, 2.75) is 75.2 Å². The largest absolute Gasteiger partial charge is 0.397 e. The van der Waals surface area contributed by atoms with Gasteiger partial charge in [0.05, 0.1) is 10.7 Å². The van der Waals surface area contributed by atoms with E-state index in [0.717, 1.165) is 49.2 Å². The molecule has 49 heavy (non-hydrogen) atoms. The molecule has 2 bridgehead atoms. The van der Waals surface area contributed by atoms with Gasteiger partial charge in [0.25, 0.3) is 0 Å². The Hall–Kier alpha value is -3.98. The van der Waals surface area contributed by atoms with E-state index in [1.54, 1.807) is 17.0 Å². The Morgan fingerprint density at radius 2 is 1.71 bits per heavy atom. The van der Waals surface area contributed by atoms with Crippen molar-refractivity contribution in [3.63, 3.8) is 0 Å². The van der Waals surface area contributed by atoms with Crippen LogP contribution >= 0.6 is 11.6 Å². The number of hydrogen-bond acceptors (Lipinski definition) is 6. The van der Waals surface area contributed by atoms with Crippen LogP contribution in [0.4, 0.5) is 21.0 Å². The van der Waals surface area contributed by atoms with Crippen LogP contribution in [0.15, 0.2) is 36.4 Å². The second-order valence-corrected chi connectivity index (χ2v) is 14.8. The lowest BCUT2D eigenvalue weighted by molar-refractivity contribution is -0.135. The number of likely N-dealkylation sites (tertiary alicyclic amines) is 4. The van der Waals surface area contributed by atoms with Crippen LogP contribution in [0.25, 0.3) is 0 Å². The summed E-state index contributed by atoms with van der Waals surface area (Å²) in [5.41, 5.74) is 9.61. The second kappa shape index (κ2) is 14.1. The molecule has 3 atom stereocenters. The number of likely N-dealkylation sites (N-methyl/N-ethyl adjacent to an activating group) is 1. The molecule has 5 heterocycles. The third-order valence-corrected chi connectivity index (χ3v) is 11.8. The van der Waals surface area contributed by atoms with Gasteiger partial charge in [-0.05, 0) is 74.9 Å². The number of anilines is 2. The summed E-state index contributed by atoms with van der Waals surface area (Å²) in [6, 6.07) is 12.0. The lowest BCUT2D eigenvalue weighted by Crippen LogP contribution is -2.58. The molecule has 260 valence electrons. The smallest absolute Gasteiger partial charge is 0.322 e. The van der Waals surface area contributed by atoms with Crippen molar-refractivity contribution >= 4 is 40.9 Å². The number of nitrogens with zero attached hydrogens (tertiary/aromatic N) is 5. The van der Waals surface area contributed by atoms with Gasteiger partial charge in [-0.2, -0.15) is 0 Å². The molecule has 5 amide bonds. The standard InChI is InChI=1S/C37H47ClN8O3/c1-3-25-18-24(19-31(38)34(25)39)20-33(35(47)43-13-9-28(10-14-43)46-23-29-21-30(46)22-42(29)2)41-36(48)44-15-11-27(12-16-44)45-17-8-26-6-4-5-7-32(26)40-37(45)49/h1,4-7,18-19,27-30,33H,8-17,20-23,39H2,2H3,(H,40,49)(H,41,48)/t29?,30?,33-/m1/s1. The van der Waals surface area contributed by atoms with E-state index in [0.29, 0.717) is 80.0 Å². The van der Waals surface area contributed by atoms with Gasteiger partial charge in [0, 0.05) is 87.7 Å². The minimum Gasteiger partial charge on any atom is -0.397 e. The lowest BCUT2D eigenvalue weighted by Gasteiger charge is -2.42. The highest BCUT2D eigenvalue weighted by molar-refractivity contribution is 6.33. The number of piperazine rings is 1. The number of nitrogen functional groups attached to an aromatic ring is 1. The zero-order valence-electron chi connectivity index (χ0n) is 28.2. The zero-order valence-corrected chi connectivity index (χ0v) is 29.0. The number of piperidine rings is 2. The van der Waals surface area contributed by atoms with Crippen LogP contribution in [-0.4, -0.2) is 126 Å². The fourth-order valence-electron chi connectivity index (χ4n) is 8.69. The first kappa shape index (κ1) is 33.5. The van der Waals surface area contributed by atoms with Crippen LogP contribution in [0.2, 0.25) is 5.02 Å². The number of rotatable bonds is 6. The molecular weight excluding hydrogens is 640 g/mol. The molecule has 2 unspecified atom stereocenters. The molecule has 12 heteroatoms. The summed E-state index contributed by atoms with van der Waals surface area (Å²) in [4.78, 5) is 51.8. The highest BCUT2D eigenvalue weighted by Gasteiger charge is 2.45. The minimum atomic E-state index is -0.793. The number of carbonyl (C=O) groups is 3. The van der Waals surface area contributed by atoms with E-state index in [9.17, 15) is 14.4 Å². The highest BCUT2D eigenvalue weighted by Crippen LogP contribution is 2.34. The van der Waals surface area contributed by atoms with Crippen LogP contribution in [0, 0.1) is 12.3 Å². The SMILES string of the molecule is C#Cc1cc(C[C@@H](NC(=O)N2CCC(N3CCc4ccccc4NC3=O)CC2)C(=O)N2CCC(N3CC4CC3CN4C)CC2)cc(Cl)c1N. The molecule has 7 rings (SSSR count). The molecule has 2 aromatic carbocycles. The minimum absolute atomic E-state index is 0.0300. The maximum atomic E-state index is 14.2. The van der Waals surface area contributed by atoms with Crippen LogP contribution in [0.3, 0.4) is 0 Å². The quantitative estimate of drug-likeness (QED) is 0.317. The molecule has 0 aromatic heterocycles. The zero-order chi connectivity index (χ0) is 34.2. The van der Waals surface area contributed by atoms with Gasteiger partial charge < -0.3 is 36.0 Å². The Bertz CT molecular complexity index is 1630. The normalized spacial score (nSPS) is 24.3. The Labute approximate surface area is 294 Å². The number of terminal acetylenes is 1. The van der Waals surface area contributed by atoms with Crippen molar-refractivity contribution < 1.29 is 14.4 Å². The first-order valence-corrected chi connectivity index (χ1v) is 18.1. The number of carbonyl (C=O) groups excluding carboxylic acids is 3. The van der Waals surface area contributed by atoms with Crippen LogP contribution in [0.5, 0.6) is 0 Å². The Balaban J connectivity index is 0.995. The number of fused-ring (bicyclic) bond motifs is 3. The van der Waals surface area contributed by atoms with Gasteiger partial charge in [-0.1, -0.05) is 35.7 Å². The summed E-state index contributed by atoms with van der Waals surface area (Å²) < 4.78 is 0. The fourth-order valence-corrected chi connectivity index (χ4v) is 8.93. The summed E-state index contributed by atoms with van der Waals surface area (Å²) in [6.45, 7) is 5.16. The monoisotopic (exact) mass is 686 g/mol. The van der Waals surface area contributed by atoms with E-state index in [1.807, 2.05) is 34.1 Å². The van der Waals surface area contributed by atoms with Crippen LogP contribution in [-0.2, 0) is 17.6 Å². The van der Waals surface area contributed by atoms with Crippen molar-refractivity contribution in [3.05, 3.63) is 58.1 Å². The van der Waals surface area contributed by atoms with Gasteiger partial charge >= 0.3 is 12.1 Å². The first-order valence-electron chi connectivity index (χ1n) is 17.7. The number of nitrogens with two attached hydrogens (primary N) is 1. The summed E-state index contributed by atoms with van der Waals surface area (Å²) in [6.07, 6.45) is 11.1. The summed E-state index contributed by atoms with van der Waals surface area (Å²) >= 11 is 6.42. The Morgan fingerprint density at radius 3 is 2.41 bits per heavy atom. The van der Waals surface area contributed by atoms with E-state index >= 15 is 0 Å². The molecule has 11 nitrogen and oxygen atoms in total. The number of amides is 5. The molecule has 0 spiro atoms. The van der Waals surface area contributed by atoms with Gasteiger partial charge in [-0.3, -0.25) is 9.69 Å². The predicted octanol–water partition coefficient (Wildman–Crippen LogP) is 3.46. The molecule has 0 saturated carbocycles. The van der Waals surface area contributed by atoms with E-state index in [2.05, 4.69) is 33.4 Å². The average Bonchev–Trinajstić information content (AvgIpc) is 3.64. The maximum Gasteiger partial charge on any atom is 0.322 e. The first-order chi connectivity index (χ1) is 23.7. The van der Waals surface area contributed by atoms with Crippen molar-refractivity contribution in [2.75, 3.05) is 63.9 Å². The van der Waals surface area contributed by atoms with E-state index in [-0.39, 0.29) is 30.4 Å². The topological polar surface area (TPSA) is 117 Å². The maximum absolute atomic E-state index is 14.2. The molecule has 0 radical (unpaired) electrons. The predicted molar refractivity (Wildman–Crippen MR) is 191 cm³/mol. The second-order valence-electron chi connectivity index (χ2n) is 14.4. The Morgan fingerprint density at radius 1 is 1.00 bits per heavy atom. The van der Waals surface area contributed by atoms with Crippen molar-refractivity contribution in [2.24, 2.45) is 0 Å². The van der Waals surface area contributed by atoms with Gasteiger partial charge in [-0.25, -0.2) is 9.59 Å². The molecule has 4 fully saturated rings. The molecule has 2 aromatic rings. The van der Waals surface area contributed by atoms with E-state index in [4.69, 9.17) is 23.8 Å². The summed E-state index contributed by atoms with van der Waals surface area (Å²) in [5, 5.41) is 6.47. The Kier molecular flexibility index (Phi) is 9.64. The average molecular weight is 687 g/mol. The molecule has 4 saturated heterocycles. The summed E-state index contributed by atoms with van der Waals surface area (Å²) in [7, 11) is 2.22. The van der Waals surface area contributed by atoms with Crippen LogP contribution in [0.1, 0.15) is 48.8 Å². The summed E-state index contributed by atoms with van der Waals surface area (Å²) in [5.74, 6) is 2.49. The number of nitrogens with one attached hydrogen (secondary N) is 2. The fraction of sp³-hybridized carbons (Fsp3) is 0.541. The number of benzene rings is 2. The molecule has 4 N–H and O–H groups in total. The third kappa shape index (κ3) is 6.91. The molecular formula is C37H47ClN8O3. The lowest BCUT2D eigenvalue weighted by atomic mass is 9.98. The van der Waals surface area contributed by atoms with Crippen molar-refractivity contribution in [1.29, 1.82) is 0 Å². The number of halogens is 1.